The molecule has 1 aliphatic heterocycles. The highest BCUT2D eigenvalue weighted by atomic mass is 32.2. The molecule has 0 bridgehead atoms. The molecule has 1 heterocycles. The van der Waals surface area contributed by atoms with E-state index in [-0.39, 0.29) is 17.3 Å². The molecule has 0 unspecified atom stereocenters. The van der Waals surface area contributed by atoms with Crippen molar-refractivity contribution >= 4 is 21.6 Å². The molecular weight excluding hydrogens is 424 g/mol. The summed E-state index contributed by atoms with van der Waals surface area (Å²) in [5.74, 6) is -0.0762. The zero-order chi connectivity index (χ0) is 22.4. The van der Waals surface area contributed by atoms with Crippen molar-refractivity contribution in [3.8, 4) is 0 Å². The molecule has 1 fully saturated rings. The average Bonchev–Trinajstić information content (AvgIpc) is 2.84. The van der Waals surface area contributed by atoms with Crippen molar-refractivity contribution in [2.75, 3.05) is 17.9 Å². The summed E-state index contributed by atoms with van der Waals surface area (Å²) in [5.41, 5.74) is 1.45. The van der Waals surface area contributed by atoms with Gasteiger partial charge in [-0.2, -0.15) is 0 Å². The van der Waals surface area contributed by atoms with Crippen LogP contribution in [0.4, 0.5) is 5.69 Å². The summed E-state index contributed by atoms with van der Waals surface area (Å²) in [4.78, 5) is 13.6. The molecule has 32 heavy (non-hydrogen) atoms. The van der Waals surface area contributed by atoms with Gasteiger partial charge < -0.3 is 10.1 Å². The normalized spacial score (nSPS) is 15.6. The molecule has 7 heteroatoms. The smallest absolute Gasteiger partial charge is 0.261 e. The third-order valence-electron chi connectivity index (χ3n) is 5.86. The number of nitrogens with one attached hydrogen (secondary N) is 2. The second kappa shape index (κ2) is 9.54. The van der Waals surface area contributed by atoms with Gasteiger partial charge in [-0.3, -0.25) is 9.52 Å². The zero-order valence-electron chi connectivity index (χ0n) is 17.7. The van der Waals surface area contributed by atoms with E-state index in [0.29, 0.717) is 37.3 Å². The number of anilines is 1. The Balaban J connectivity index is 1.53. The number of rotatable bonds is 7. The van der Waals surface area contributed by atoms with E-state index >= 15 is 0 Å². The number of hydrogen-bond donors (Lipinski definition) is 2. The minimum atomic E-state index is -3.73. The van der Waals surface area contributed by atoms with E-state index in [1.54, 1.807) is 42.5 Å². The van der Waals surface area contributed by atoms with Crippen molar-refractivity contribution in [3.63, 3.8) is 0 Å². The molecule has 1 amide bonds. The van der Waals surface area contributed by atoms with E-state index in [0.717, 1.165) is 5.56 Å². The first kappa shape index (κ1) is 22.0. The molecule has 3 aromatic rings. The highest BCUT2D eigenvalue weighted by Crippen LogP contribution is 2.35. The third kappa shape index (κ3) is 4.69. The fraction of sp³-hybridized carbons (Fsp3) is 0.240. The monoisotopic (exact) mass is 450 g/mol. The van der Waals surface area contributed by atoms with Gasteiger partial charge >= 0.3 is 0 Å². The van der Waals surface area contributed by atoms with Crippen molar-refractivity contribution in [1.29, 1.82) is 0 Å². The lowest BCUT2D eigenvalue weighted by molar-refractivity contribution is -0.130. The Morgan fingerprint density at radius 1 is 0.844 bits per heavy atom. The Hall–Kier alpha value is -3.16. The molecule has 0 aromatic heterocycles. The van der Waals surface area contributed by atoms with Gasteiger partial charge in [0.15, 0.2) is 0 Å². The van der Waals surface area contributed by atoms with Crippen LogP contribution in [0.1, 0.15) is 24.0 Å². The average molecular weight is 451 g/mol. The Morgan fingerprint density at radius 2 is 1.44 bits per heavy atom. The number of hydrogen-bond acceptors (Lipinski definition) is 4. The Morgan fingerprint density at radius 3 is 2.12 bits per heavy atom. The number of sulfonamides is 1. The summed E-state index contributed by atoms with van der Waals surface area (Å²) in [6.45, 7) is 1.26. The summed E-state index contributed by atoms with van der Waals surface area (Å²) in [6, 6.07) is 25.1. The lowest BCUT2D eigenvalue weighted by Crippen LogP contribution is -2.47. The summed E-state index contributed by atoms with van der Waals surface area (Å²) in [6.07, 6.45) is 1.20. The summed E-state index contributed by atoms with van der Waals surface area (Å²) < 4.78 is 33.7. The fourth-order valence-electron chi connectivity index (χ4n) is 4.05. The molecule has 0 atom stereocenters. The first-order valence-electron chi connectivity index (χ1n) is 10.6. The van der Waals surface area contributed by atoms with E-state index in [9.17, 15) is 13.2 Å². The maximum Gasteiger partial charge on any atom is 0.261 e. The van der Waals surface area contributed by atoms with Crippen LogP contribution < -0.4 is 10.0 Å². The van der Waals surface area contributed by atoms with Crippen molar-refractivity contribution in [2.24, 2.45) is 0 Å². The molecule has 0 aliphatic carbocycles. The highest BCUT2D eigenvalue weighted by Gasteiger charge is 2.41. The van der Waals surface area contributed by atoms with E-state index in [2.05, 4.69) is 10.0 Å². The molecule has 4 rings (SSSR count). The van der Waals surface area contributed by atoms with Crippen LogP contribution in [0.3, 0.4) is 0 Å². The SMILES string of the molecule is O=C(NCc1ccccc1NS(=O)(=O)c1ccccc1)C1(c2ccccc2)CCOCC1. The molecule has 2 N–H and O–H groups in total. The molecule has 1 aliphatic rings. The number of para-hydroxylation sites is 1. The van der Waals surface area contributed by atoms with Gasteiger partial charge in [-0.1, -0.05) is 66.7 Å². The van der Waals surface area contributed by atoms with Gasteiger partial charge in [0.1, 0.15) is 0 Å². The third-order valence-corrected chi connectivity index (χ3v) is 7.24. The van der Waals surface area contributed by atoms with Gasteiger partial charge in [0.25, 0.3) is 10.0 Å². The number of carbonyl (C=O) groups excluding carboxylic acids is 1. The van der Waals surface area contributed by atoms with E-state index in [4.69, 9.17) is 4.74 Å². The Kier molecular flexibility index (Phi) is 6.58. The van der Waals surface area contributed by atoms with Gasteiger partial charge in [-0.05, 0) is 42.2 Å². The Labute approximate surface area is 188 Å². The van der Waals surface area contributed by atoms with Crippen LogP contribution >= 0.6 is 0 Å². The van der Waals surface area contributed by atoms with E-state index in [1.165, 1.54) is 0 Å². The maximum absolute atomic E-state index is 13.4. The molecule has 0 radical (unpaired) electrons. The quantitative estimate of drug-likeness (QED) is 0.573. The molecule has 3 aromatic carbocycles. The van der Waals surface area contributed by atoms with Crippen LogP contribution in [0.5, 0.6) is 0 Å². The number of ether oxygens (including phenoxy) is 1. The number of carbonyl (C=O) groups is 1. The number of amides is 1. The first-order valence-corrected chi connectivity index (χ1v) is 12.1. The largest absolute Gasteiger partial charge is 0.381 e. The van der Waals surface area contributed by atoms with Gasteiger partial charge in [0.05, 0.1) is 16.0 Å². The Bertz CT molecular complexity index is 1160. The summed E-state index contributed by atoms with van der Waals surface area (Å²) >= 11 is 0. The topological polar surface area (TPSA) is 84.5 Å². The second-order valence-corrected chi connectivity index (χ2v) is 9.50. The van der Waals surface area contributed by atoms with Crippen LogP contribution in [0, 0.1) is 0 Å². The molecular formula is C25H26N2O4S. The highest BCUT2D eigenvalue weighted by molar-refractivity contribution is 7.92. The minimum Gasteiger partial charge on any atom is -0.381 e. The van der Waals surface area contributed by atoms with Gasteiger partial charge in [-0.25, -0.2) is 8.42 Å². The van der Waals surface area contributed by atoms with Gasteiger partial charge in [0.2, 0.25) is 5.91 Å². The lowest BCUT2D eigenvalue weighted by Gasteiger charge is -2.36. The van der Waals surface area contributed by atoms with E-state index < -0.39 is 15.4 Å². The molecule has 166 valence electrons. The fourth-order valence-corrected chi connectivity index (χ4v) is 5.17. The predicted molar refractivity (Wildman–Crippen MR) is 124 cm³/mol. The van der Waals surface area contributed by atoms with Gasteiger partial charge in [-0.15, -0.1) is 0 Å². The summed E-state index contributed by atoms with van der Waals surface area (Å²) in [7, 11) is -3.73. The molecule has 1 saturated heterocycles. The zero-order valence-corrected chi connectivity index (χ0v) is 18.5. The van der Waals surface area contributed by atoms with Crippen molar-refractivity contribution < 1.29 is 17.9 Å². The molecule has 6 nitrogen and oxygen atoms in total. The predicted octanol–water partition coefficient (Wildman–Crippen LogP) is 3.85. The van der Waals surface area contributed by atoms with Crippen LogP contribution in [-0.2, 0) is 31.5 Å². The van der Waals surface area contributed by atoms with Crippen LogP contribution in [0.25, 0.3) is 0 Å². The standard InChI is InChI=1S/C25H26N2O4S/c28-24(25(15-17-31-18-16-25)21-10-3-1-4-11-21)26-19-20-9-7-8-14-23(20)27-32(29,30)22-12-5-2-6-13-22/h1-14,27H,15-19H2,(H,26,28). The maximum atomic E-state index is 13.4. The molecule has 0 spiro atoms. The van der Waals surface area contributed by atoms with E-state index in [1.807, 2.05) is 42.5 Å². The minimum absolute atomic E-state index is 0.0762. The van der Waals surface area contributed by atoms with Crippen molar-refractivity contribution in [3.05, 3.63) is 96.1 Å². The lowest BCUT2D eigenvalue weighted by atomic mass is 9.73. The first-order chi connectivity index (χ1) is 15.5. The summed E-state index contributed by atoms with van der Waals surface area (Å²) in [5, 5.41) is 3.04. The van der Waals surface area contributed by atoms with Crippen molar-refractivity contribution in [2.45, 2.75) is 29.7 Å². The second-order valence-electron chi connectivity index (χ2n) is 7.82. The molecule has 0 saturated carbocycles. The van der Waals surface area contributed by atoms with Crippen LogP contribution in [0.15, 0.2) is 89.8 Å². The van der Waals surface area contributed by atoms with Crippen LogP contribution in [0.2, 0.25) is 0 Å². The van der Waals surface area contributed by atoms with Crippen LogP contribution in [-0.4, -0.2) is 27.5 Å². The van der Waals surface area contributed by atoms with Gasteiger partial charge in [0, 0.05) is 19.8 Å². The number of benzene rings is 3. The van der Waals surface area contributed by atoms with Crippen molar-refractivity contribution in [1.82, 2.24) is 5.32 Å².